The van der Waals surface area contributed by atoms with E-state index in [0.717, 1.165) is 33.3 Å². The number of amides is 1. The van der Waals surface area contributed by atoms with Crippen LogP contribution in [0.1, 0.15) is 15.9 Å². The zero-order chi connectivity index (χ0) is 16.4. The molecule has 0 radical (unpaired) electrons. The number of nitrogens with zero attached hydrogens (tertiary/aromatic N) is 3. The van der Waals surface area contributed by atoms with Crippen molar-refractivity contribution in [2.45, 2.75) is 6.54 Å². The normalized spacial score (nSPS) is 12.7. The van der Waals surface area contributed by atoms with E-state index in [1.165, 1.54) is 0 Å². The molecular weight excluding hydrogens is 296 g/mol. The third-order valence-electron chi connectivity index (χ3n) is 3.74. The van der Waals surface area contributed by atoms with E-state index in [-0.39, 0.29) is 12.4 Å². The summed E-state index contributed by atoms with van der Waals surface area (Å²) in [6, 6.07) is 11.9. The Labute approximate surface area is 131 Å². The average Bonchev–Trinajstić information content (AvgIpc) is 3.12. The van der Waals surface area contributed by atoms with Gasteiger partial charge in [-0.25, -0.2) is 0 Å². The maximum atomic E-state index is 11.9. The van der Waals surface area contributed by atoms with Crippen LogP contribution in [0.2, 0.25) is 0 Å². The first kappa shape index (κ1) is 14.7. The SMILES string of the molecule is CN1Cc2cc(-c3ccc4n[nH]nc4c3)ccc2C1=O.O=CO. The first-order valence-corrected chi connectivity index (χ1v) is 6.91. The van der Waals surface area contributed by atoms with E-state index in [9.17, 15) is 4.79 Å². The molecule has 0 saturated heterocycles. The van der Waals surface area contributed by atoms with Crippen molar-refractivity contribution < 1.29 is 14.7 Å². The van der Waals surface area contributed by atoms with Gasteiger partial charge in [-0.15, -0.1) is 0 Å². The van der Waals surface area contributed by atoms with Gasteiger partial charge in [-0.1, -0.05) is 12.1 Å². The Balaban J connectivity index is 0.000000485. The Morgan fingerprint density at radius 3 is 2.57 bits per heavy atom. The van der Waals surface area contributed by atoms with E-state index in [2.05, 4.69) is 21.5 Å². The second-order valence-corrected chi connectivity index (χ2v) is 5.17. The third-order valence-corrected chi connectivity index (χ3v) is 3.74. The molecule has 1 aliphatic heterocycles. The fourth-order valence-electron chi connectivity index (χ4n) is 2.67. The third kappa shape index (κ3) is 2.64. The van der Waals surface area contributed by atoms with Gasteiger partial charge in [0.05, 0.1) is 0 Å². The Hall–Kier alpha value is -3.22. The lowest BCUT2D eigenvalue weighted by Gasteiger charge is -2.04. The minimum Gasteiger partial charge on any atom is -0.483 e. The van der Waals surface area contributed by atoms with Gasteiger partial charge >= 0.3 is 0 Å². The van der Waals surface area contributed by atoms with Crippen molar-refractivity contribution in [3.05, 3.63) is 47.5 Å². The fraction of sp³-hybridized carbons (Fsp3) is 0.125. The minimum absolute atomic E-state index is 0.0958. The monoisotopic (exact) mass is 310 g/mol. The van der Waals surface area contributed by atoms with Crippen LogP contribution >= 0.6 is 0 Å². The van der Waals surface area contributed by atoms with Gasteiger partial charge in [-0.2, -0.15) is 15.4 Å². The summed E-state index contributed by atoms with van der Waals surface area (Å²) in [4.78, 5) is 22.0. The Morgan fingerprint density at radius 2 is 1.78 bits per heavy atom. The van der Waals surface area contributed by atoms with Crippen LogP contribution in [0.25, 0.3) is 22.2 Å². The number of fused-ring (bicyclic) bond motifs is 2. The summed E-state index contributed by atoms with van der Waals surface area (Å²) in [5, 5.41) is 17.7. The number of nitrogens with one attached hydrogen (secondary N) is 1. The quantitative estimate of drug-likeness (QED) is 0.669. The molecule has 0 fully saturated rings. The van der Waals surface area contributed by atoms with Crippen molar-refractivity contribution in [3.8, 4) is 11.1 Å². The van der Waals surface area contributed by atoms with Crippen LogP contribution < -0.4 is 0 Å². The molecule has 2 aromatic carbocycles. The number of carboxylic acid groups (broad SMARTS) is 1. The predicted molar refractivity (Wildman–Crippen MR) is 83.8 cm³/mol. The molecule has 0 unspecified atom stereocenters. The van der Waals surface area contributed by atoms with Crippen molar-refractivity contribution in [3.63, 3.8) is 0 Å². The van der Waals surface area contributed by atoms with Gasteiger partial charge in [0.1, 0.15) is 11.0 Å². The maximum Gasteiger partial charge on any atom is 0.290 e. The van der Waals surface area contributed by atoms with E-state index >= 15 is 0 Å². The standard InChI is InChI=1S/C15H12N4O.CH2O2/c1-19-8-11-6-9(2-4-12(11)15(19)20)10-3-5-13-14(7-10)17-18-16-13;2-1-3/h2-7H,8H2,1H3,(H,16,17,18);1H,(H,2,3). The number of aromatic amines is 1. The number of rotatable bonds is 1. The summed E-state index contributed by atoms with van der Waals surface area (Å²) < 4.78 is 0. The topological polar surface area (TPSA) is 99.2 Å². The summed E-state index contributed by atoms with van der Waals surface area (Å²) in [5.74, 6) is 0.0958. The van der Waals surface area contributed by atoms with Gasteiger partial charge in [-0.3, -0.25) is 9.59 Å². The van der Waals surface area contributed by atoms with E-state index in [0.29, 0.717) is 6.54 Å². The maximum absolute atomic E-state index is 11.9. The lowest BCUT2D eigenvalue weighted by atomic mass is 10.00. The van der Waals surface area contributed by atoms with Crippen LogP contribution in [-0.2, 0) is 11.3 Å². The number of carbonyl (C=O) groups excluding carboxylic acids is 1. The van der Waals surface area contributed by atoms with Crippen molar-refractivity contribution in [1.82, 2.24) is 20.3 Å². The number of aromatic nitrogens is 3. The smallest absolute Gasteiger partial charge is 0.290 e. The van der Waals surface area contributed by atoms with Crippen LogP contribution in [0.15, 0.2) is 36.4 Å². The van der Waals surface area contributed by atoms with Crippen molar-refractivity contribution in [2.75, 3.05) is 7.05 Å². The van der Waals surface area contributed by atoms with Gasteiger partial charge in [-0.05, 0) is 41.0 Å². The number of hydrogen-bond acceptors (Lipinski definition) is 4. The Kier molecular flexibility index (Phi) is 3.76. The van der Waals surface area contributed by atoms with Crippen LogP contribution in [0.4, 0.5) is 0 Å². The highest BCUT2D eigenvalue weighted by molar-refractivity contribution is 5.98. The zero-order valence-corrected chi connectivity index (χ0v) is 12.4. The van der Waals surface area contributed by atoms with Gasteiger partial charge in [0.2, 0.25) is 0 Å². The molecule has 0 saturated carbocycles. The highest BCUT2D eigenvalue weighted by Crippen LogP contribution is 2.28. The van der Waals surface area contributed by atoms with Gasteiger partial charge < -0.3 is 10.0 Å². The van der Waals surface area contributed by atoms with Gasteiger partial charge in [0.15, 0.2) is 0 Å². The van der Waals surface area contributed by atoms with E-state index in [4.69, 9.17) is 9.90 Å². The fourth-order valence-corrected chi connectivity index (χ4v) is 2.67. The van der Waals surface area contributed by atoms with E-state index in [1.54, 1.807) is 4.90 Å². The Bertz CT molecular complexity index is 888. The van der Waals surface area contributed by atoms with Crippen molar-refractivity contribution >= 4 is 23.4 Å². The average molecular weight is 310 g/mol. The van der Waals surface area contributed by atoms with Crippen molar-refractivity contribution in [1.29, 1.82) is 0 Å². The lowest BCUT2D eigenvalue weighted by Crippen LogP contribution is -2.17. The molecule has 1 amide bonds. The molecule has 7 heteroatoms. The molecule has 0 spiro atoms. The summed E-state index contributed by atoms with van der Waals surface area (Å²) in [6.07, 6.45) is 0. The first-order chi connectivity index (χ1) is 11.1. The van der Waals surface area contributed by atoms with Gasteiger partial charge in [0, 0.05) is 19.2 Å². The predicted octanol–water partition coefficient (Wildman–Crippen LogP) is 1.91. The number of H-pyrrole nitrogens is 1. The molecule has 1 aromatic heterocycles. The largest absolute Gasteiger partial charge is 0.483 e. The molecule has 7 nitrogen and oxygen atoms in total. The molecule has 2 heterocycles. The molecule has 0 bridgehead atoms. The molecule has 23 heavy (non-hydrogen) atoms. The van der Waals surface area contributed by atoms with E-state index in [1.807, 2.05) is 37.4 Å². The zero-order valence-electron chi connectivity index (χ0n) is 12.4. The highest BCUT2D eigenvalue weighted by atomic mass is 16.3. The summed E-state index contributed by atoms with van der Waals surface area (Å²) >= 11 is 0. The second kappa shape index (κ2) is 5.88. The van der Waals surface area contributed by atoms with Crippen LogP contribution in [0.3, 0.4) is 0 Å². The molecule has 0 atom stereocenters. The van der Waals surface area contributed by atoms with Crippen LogP contribution in [0, 0.1) is 0 Å². The molecule has 3 aromatic rings. The Morgan fingerprint density at radius 1 is 1.13 bits per heavy atom. The second-order valence-electron chi connectivity index (χ2n) is 5.17. The number of hydrogen-bond donors (Lipinski definition) is 2. The minimum atomic E-state index is -0.250. The molecule has 116 valence electrons. The van der Waals surface area contributed by atoms with E-state index < -0.39 is 0 Å². The number of benzene rings is 2. The molecule has 1 aliphatic rings. The molecule has 2 N–H and O–H groups in total. The van der Waals surface area contributed by atoms with Crippen LogP contribution in [0.5, 0.6) is 0 Å². The summed E-state index contributed by atoms with van der Waals surface area (Å²) in [5.41, 5.74) is 5.75. The van der Waals surface area contributed by atoms with Gasteiger partial charge in [0.25, 0.3) is 12.4 Å². The summed E-state index contributed by atoms with van der Waals surface area (Å²) in [6.45, 7) is 0.425. The van der Waals surface area contributed by atoms with Crippen molar-refractivity contribution in [2.24, 2.45) is 0 Å². The molecule has 0 aliphatic carbocycles. The molecular formula is C16H14N4O3. The van der Waals surface area contributed by atoms with Crippen LogP contribution in [-0.4, -0.2) is 44.8 Å². The highest BCUT2D eigenvalue weighted by Gasteiger charge is 2.24. The number of carbonyl (C=O) groups is 2. The lowest BCUT2D eigenvalue weighted by molar-refractivity contribution is -0.122. The summed E-state index contributed by atoms with van der Waals surface area (Å²) in [7, 11) is 1.82. The molecule has 4 rings (SSSR count). The first-order valence-electron chi connectivity index (χ1n) is 6.91.